The summed E-state index contributed by atoms with van der Waals surface area (Å²) in [7, 11) is 5.77. The van der Waals surface area contributed by atoms with Gasteiger partial charge in [0, 0.05) is 73.4 Å². The Morgan fingerprint density at radius 3 is 2.51 bits per heavy atom. The normalized spacial score (nSPS) is 23.3. The van der Waals surface area contributed by atoms with E-state index in [1.165, 1.54) is 0 Å². The topological polar surface area (TPSA) is 112 Å². The number of benzene rings is 1. The predicted octanol–water partition coefficient (Wildman–Crippen LogP) is 5.69. The number of nitrogens with one attached hydrogen (secondary N) is 1. The zero-order valence-corrected chi connectivity index (χ0v) is 26.5. The molecule has 0 bridgehead atoms. The molecule has 0 unspecified atom stereocenters. The summed E-state index contributed by atoms with van der Waals surface area (Å²) in [6, 6.07) is 8.98. The Kier molecular flexibility index (Phi) is 6.23. The van der Waals surface area contributed by atoms with Crippen LogP contribution in [0.5, 0.6) is 0 Å². The number of nitriles is 1. The number of aromatic nitrogens is 6. The molecule has 1 aromatic carbocycles. The van der Waals surface area contributed by atoms with E-state index in [4.69, 9.17) is 4.98 Å². The number of rotatable bonds is 4. The Bertz CT molecular complexity index is 2010. The van der Waals surface area contributed by atoms with Crippen molar-refractivity contribution in [3.63, 3.8) is 0 Å². The van der Waals surface area contributed by atoms with Crippen molar-refractivity contribution in [3.05, 3.63) is 48.5 Å². The molecule has 10 heteroatoms. The van der Waals surface area contributed by atoms with Crippen molar-refractivity contribution in [3.8, 4) is 28.5 Å². The molecule has 1 N–H and O–H groups in total. The number of aryl methyl sites for hydroxylation is 2. The van der Waals surface area contributed by atoms with Crippen molar-refractivity contribution in [2.45, 2.75) is 62.8 Å². The third kappa shape index (κ3) is 4.03. The predicted molar refractivity (Wildman–Crippen MR) is 174 cm³/mol. The standard InChI is InChI=1S/C35H39N9O/c1-22-7-9-34(10-8-22,11-14-36)44-15-12-35(13-16-44)30-27(42(3)33(35)45)20-37-32-29(30)28(31(40-32)25-19-38-41(2)21-25)23-5-6-26-24(17-23)18-39-43(26)4/h5-6,17-22H,7-13,15-16H2,1-4H3,(H,37,40). The molecule has 8 rings (SSSR count). The lowest BCUT2D eigenvalue weighted by Crippen LogP contribution is -2.57. The number of pyridine rings is 1. The highest BCUT2D eigenvalue weighted by Crippen LogP contribution is 2.54. The summed E-state index contributed by atoms with van der Waals surface area (Å²) < 4.78 is 3.70. The number of hydrogen-bond acceptors (Lipinski definition) is 6. The monoisotopic (exact) mass is 601 g/mol. The Morgan fingerprint density at radius 2 is 1.80 bits per heavy atom. The van der Waals surface area contributed by atoms with Gasteiger partial charge in [0.2, 0.25) is 5.91 Å². The highest BCUT2D eigenvalue weighted by molar-refractivity contribution is 6.16. The Balaban J connectivity index is 1.30. The second-order valence-electron chi connectivity index (χ2n) is 13.7. The fourth-order valence-electron chi connectivity index (χ4n) is 8.67. The van der Waals surface area contributed by atoms with Gasteiger partial charge in [-0.15, -0.1) is 0 Å². The van der Waals surface area contributed by atoms with Crippen molar-refractivity contribution >= 4 is 33.5 Å². The van der Waals surface area contributed by atoms with Crippen molar-refractivity contribution in [1.29, 1.82) is 5.26 Å². The van der Waals surface area contributed by atoms with Crippen LogP contribution in [0.1, 0.15) is 57.4 Å². The maximum atomic E-state index is 14.4. The van der Waals surface area contributed by atoms with Gasteiger partial charge in [0.15, 0.2) is 0 Å². The van der Waals surface area contributed by atoms with E-state index in [0.717, 1.165) is 107 Å². The highest BCUT2D eigenvalue weighted by Gasteiger charge is 2.55. The molecule has 1 aliphatic carbocycles. The first kappa shape index (κ1) is 28.0. The van der Waals surface area contributed by atoms with Crippen molar-refractivity contribution in [2.75, 3.05) is 25.0 Å². The molecule has 230 valence electrons. The van der Waals surface area contributed by atoms with E-state index in [-0.39, 0.29) is 11.4 Å². The number of likely N-dealkylation sites (N-methyl/N-ethyl adjacent to an activating group) is 1. The number of carbonyl (C=O) groups excluding carboxylic acids is 1. The van der Waals surface area contributed by atoms with Crippen LogP contribution >= 0.6 is 0 Å². The van der Waals surface area contributed by atoms with Crippen LogP contribution in [-0.2, 0) is 24.3 Å². The third-order valence-electron chi connectivity index (χ3n) is 11.3. The number of H-pyrrole nitrogens is 1. The van der Waals surface area contributed by atoms with Crippen LogP contribution in [0.15, 0.2) is 43.0 Å². The number of anilines is 1. The average molecular weight is 602 g/mol. The SMILES string of the molecule is CC1CCC(CC#N)(N2CCC3(CC2)C(=O)N(C)c2cnc4[nH]c(-c5cnn(C)c5)c(-c5ccc6c(cnn6C)c5)c4c23)CC1. The van der Waals surface area contributed by atoms with E-state index in [1.807, 2.05) is 60.2 Å². The maximum Gasteiger partial charge on any atom is 0.237 e. The minimum Gasteiger partial charge on any atom is -0.339 e. The third-order valence-corrected chi connectivity index (χ3v) is 11.3. The Morgan fingerprint density at radius 1 is 1.02 bits per heavy atom. The minimum atomic E-state index is -0.654. The van der Waals surface area contributed by atoms with Gasteiger partial charge in [-0.3, -0.25) is 19.1 Å². The number of likely N-dealkylation sites (tertiary alicyclic amines) is 1. The summed E-state index contributed by atoms with van der Waals surface area (Å²) in [5, 5.41) is 20.9. The van der Waals surface area contributed by atoms with E-state index < -0.39 is 5.41 Å². The van der Waals surface area contributed by atoms with Gasteiger partial charge in [-0.25, -0.2) is 4.98 Å². The van der Waals surface area contributed by atoms with Crippen LogP contribution in [0.25, 0.3) is 44.3 Å². The van der Waals surface area contributed by atoms with E-state index in [0.29, 0.717) is 12.3 Å². The molecule has 2 aliphatic heterocycles. The molecule has 45 heavy (non-hydrogen) atoms. The Hall–Kier alpha value is -4.49. The summed E-state index contributed by atoms with van der Waals surface area (Å²) >= 11 is 0. The molecule has 1 amide bonds. The molecular formula is C35H39N9O. The number of fused-ring (bicyclic) bond motifs is 5. The molecule has 10 nitrogen and oxygen atoms in total. The van der Waals surface area contributed by atoms with Gasteiger partial charge < -0.3 is 9.88 Å². The van der Waals surface area contributed by atoms with E-state index in [2.05, 4.69) is 51.3 Å². The van der Waals surface area contributed by atoms with Crippen molar-refractivity contribution in [1.82, 2.24) is 34.4 Å². The summed E-state index contributed by atoms with van der Waals surface area (Å²) in [5.74, 6) is 0.855. The highest BCUT2D eigenvalue weighted by atomic mass is 16.2. The number of hydrogen-bond donors (Lipinski definition) is 1. The van der Waals surface area contributed by atoms with Crippen LogP contribution < -0.4 is 4.90 Å². The Labute approximate surface area is 262 Å². The van der Waals surface area contributed by atoms with Crippen molar-refractivity contribution in [2.24, 2.45) is 20.0 Å². The molecule has 0 atom stereocenters. The second-order valence-corrected chi connectivity index (χ2v) is 13.7. The first-order chi connectivity index (χ1) is 21.7. The van der Waals surface area contributed by atoms with Gasteiger partial charge in [-0.05, 0) is 62.1 Å². The summed E-state index contributed by atoms with van der Waals surface area (Å²) in [6.07, 6.45) is 14.1. The molecular weight excluding hydrogens is 562 g/mol. The lowest BCUT2D eigenvalue weighted by Gasteiger charge is -2.51. The lowest BCUT2D eigenvalue weighted by atomic mass is 9.69. The molecule has 1 saturated carbocycles. The molecule has 0 radical (unpaired) electrons. The van der Waals surface area contributed by atoms with Crippen LogP contribution in [-0.4, -0.2) is 66.0 Å². The largest absolute Gasteiger partial charge is 0.339 e. The van der Waals surface area contributed by atoms with Gasteiger partial charge in [0.1, 0.15) is 5.65 Å². The quantitative estimate of drug-likeness (QED) is 0.283. The average Bonchev–Trinajstić information content (AvgIpc) is 3.80. The molecule has 1 spiro atoms. The summed E-state index contributed by atoms with van der Waals surface area (Å²) in [6.45, 7) is 3.93. The molecule has 6 heterocycles. The van der Waals surface area contributed by atoms with Crippen LogP contribution in [0.2, 0.25) is 0 Å². The number of nitrogens with zero attached hydrogens (tertiary/aromatic N) is 8. The van der Waals surface area contributed by atoms with E-state index in [1.54, 1.807) is 0 Å². The zero-order chi connectivity index (χ0) is 31.1. The second kappa shape index (κ2) is 10.0. The number of carbonyl (C=O) groups is 1. The van der Waals surface area contributed by atoms with Gasteiger partial charge >= 0.3 is 0 Å². The van der Waals surface area contributed by atoms with Crippen molar-refractivity contribution < 1.29 is 4.79 Å². The number of piperidine rings is 1. The maximum absolute atomic E-state index is 14.4. The molecule has 1 saturated heterocycles. The van der Waals surface area contributed by atoms with Gasteiger partial charge in [0.05, 0.1) is 53.4 Å². The van der Waals surface area contributed by atoms with Gasteiger partial charge in [0.25, 0.3) is 0 Å². The molecule has 2 fully saturated rings. The fourth-order valence-corrected chi connectivity index (χ4v) is 8.67. The first-order valence-corrected chi connectivity index (χ1v) is 16.1. The zero-order valence-electron chi connectivity index (χ0n) is 26.5. The molecule has 4 aromatic heterocycles. The number of amides is 1. The van der Waals surface area contributed by atoms with E-state index >= 15 is 0 Å². The first-order valence-electron chi connectivity index (χ1n) is 16.1. The summed E-state index contributed by atoms with van der Waals surface area (Å²) in [4.78, 5) is 27.4. The van der Waals surface area contributed by atoms with Crippen LogP contribution in [0.4, 0.5) is 5.69 Å². The molecule has 3 aliphatic rings. The van der Waals surface area contributed by atoms with Crippen LogP contribution in [0.3, 0.4) is 0 Å². The smallest absolute Gasteiger partial charge is 0.237 e. The minimum absolute atomic E-state index is 0.0847. The van der Waals surface area contributed by atoms with Gasteiger partial charge in [-0.2, -0.15) is 15.5 Å². The number of aromatic amines is 1. The van der Waals surface area contributed by atoms with Crippen LogP contribution in [0, 0.1) is 17.2 Å². The lowest BCUT2D eigenvalue weighted by molar-refractivity contribution is -0.125. The fraction of sp³-hybridized carbons (Fsp3) is 0.457. The van der Waals surface area contributed by atoms with E-state index in [9.17, 15) is 10.1 Å². The van der Waals surface area contributed by atoms with Gasteiger partial charge in [-0.1, -0.05) is 13.0 Å². The summed E-state index contributed by atoms with van der Waals surface area (Å²) in [5.41, 5.74) is 7.08. The molecule has 5 aromatic rings.